The van der Waals surface area contributed by atoms with Crippen molar-refractivity contribution < 1.29 is 14.6 Å². The third-order valence-corrected chi connectivity index (χ3v) is 4.59. The maximum absolute atomic E-state index is 13.1. The highest BCUT2D eigenvalue weighted by Crippen LogP contribution is 2.47. The molecule has 128 valence electrons. The first-order valence-corrected chi connectivity index (χ1v) is 8.14. The average Bonchev–Trinajstić information content (AvgIpc) is 2.87. The summed E-state index contributed by atoms with van der Waals surface area (Å²) in [5.41, 5.74) is 3.17. The molecule has 2 aromatic carbocycles. The fourth-order valence-electron chi connectivity index (χ4n) is 3.56. The zero-order valence-electron chi connectivity index (χ0n) is 14.7. The van der Waals surface area contributed by atoms with Gasteiger partial charge in [-0.1, -0.05) is 26.0 Å². The Kier molecular flexibility index (Phi) is 4.13. The van der Waals surface area contributed by atoms with E-state index in [1.165, 1.54) is 11.0 Å². The number of hydrogen-bond acceptors (Lipinski definition) is 4. The van der Waals surface area contributed by atoms with Crippen LogP contribution < -0.4 is 9.64 Å². The summed E-state index contributed by atoms with van der Waals surface area (Å²) in [6, 6.07) is 9.85. The minimum Gasteiger partial charge on any atom is -0.506 e. The van der Waals surface area contributed by atoms with E-state index in [9.17, 15) is 15.2 Å². The lowest BCUT2D eigenvalue weighted by molar-refractivity contribution is 0.0993. The van der Waals surface area contributed by atoms with Crippen molar-refractivity contribution >= 4 is 11.6 Å². The molecule has 1 amide bonds. The average molecular weight is 336 g/mol. The van der Waals surface area contributed by atoms with Crippen molar-refractivity contribution in [3.63, 3.8) is 0 Å². The molecule has 5 heteroatoms. The van der Waals surface area contributed by atoms with E-state index in [4.69, 9.17) is 4.74 Å². The van der Waals surface area contributed by atoms with Gasteiger partial charge in [0.2, 0.25) is 0 Å². The Morgan fingerprint density at radius 2 is 2.00 bits per heavy atom. The van der Waals surface area contributed by atoms with Gasteiger partial charge in [0.05, 0.1) is 18.9 Å². The number of rotatable bonds is 3. The number of ether oxygens (including phenoxy) is 1. The largest absolute Gasteiger partial charge is 0.506 e. The Labute approximate surface area is 147 Å². The lowest BCUT2D eigenvalue weighted by Crippen LogP contribution is -2.27. The van der Waals surface area contributed by atoms with E-state index in [1.54, 1.807) is 25.3 Å². The number of carbonyl (C=O) groups is 1. The molecule has 1 atom stereocenters. The van der Waals surface area contributed by atoms with Gasteiger partial charge in [0, 0.05) is 16.7 Å². The number of phenolic OH excluding ortho intramolecular Hbond substituents is 1. The lowest BCUT2D eigenvalue weighted by Gasteiger charge is -2.23. The normalized spacial score (nSPS) is 16.1. The summed E-state index contributed by atoms with van der Waals surface area (Å²) in [4.78, 5) is 14.5. The van der Waals surface area contributed by atoms with Crippen LogP contribution >= 0.6 is 0 Å². The van der Waals surface area contributed by atoms with Crippen molar-refractivity contribution in [3.8, 4) is 17.6 Å². The standard InChI is InChI=1S/C20H20N2O3/c1-11(2)17-16(25-4)9-12(3)18-19(17)14(10-21)22(20(18)24)13-7-5-6-8-15(13)23/h5-9,11,14,23H,1-4H3. The van der Waals surface area contributed by atoms with Crippen molar-refractivity contribution in [1.29, 1.82) is 5.26 Å². The quantitative estimate of drug-likeness (QED) is 0.917. The molecule has 0 saturated heterocycles. The molecule has 3 rings (SSSR count). The zero-order valence-corrected chi connectivity index (χ0v) is 14.7. The van der Waals surface area contributed by atoms with Crippen LogP contribution in [-0.4, -0.2) is 18.1 Å². The Balaban J connectivity index is 2.32. The molecular formula is C20H20N2O3. The van der Waals surface area contributed by atoms with Crippen molar-refractivity contribution in [3.05, 3.63) is 52.6 Å². The third kappa shape index (κ3) is 2.42. The van der Waals surface area contributed by atoms with E-state index >= 15 is 0 Å². The number of nitrogens with zero attached hydrogens (tertiary/aromatic N) is 2. The van der Waals surface area contributed by atoms with Crippen LogP contribution in [0.2, 0.25) is 0 Å². The molecule has 1 heterocycles. The molecule has 0 saturated carbocycles. The van der Waals surface area contributed by atoms with Crippen LogP contribution in [0.25, 0.3) is 0 Å². The smallest absolute Gasteiger partial charge is 0.260 e. The molecule has 2 aromatic rings. The summed E-state index contributed by atoms with van der Waals surface area (Å²) >= 11 is 0. The molecule has 0 bridgehead atoms. The van der Waals surface area contributed by atoms with Crippen LogP contribution in [0.15, 0.2) is 30.3 Å². The van der Waals surface area contributed by atoms with Gasteiger partial charge >= 0.3 is 0 Å². The van der Waals surface area contributed by atoms with E-state index < -0.39 is 6.04 Å². The molecule has 0 aliphatic carbocycles. The van der Waals surface area contributed by atoms with Gasteiger partial charge in [-0.2, -0.15) is 5.26 Å². The number of fused-ring (bicyclic) bond motifs is 1. The predicted molar refractivity (Wildman–Crippen MR) is 95.1 cm³/mol. The summed E-state index contributed by atoms with van der Waals surface area (Å²) in [5.74, 6) is 0.459. The van der Waals surface area contributed by atoms with E-state index in [1.807, 2.05) is 26.8 Å². The summed E-state index contributed by atoms with van der Waals surface area (Å²) in [5, 5.41) is 20.0. The van der Waals surface area contributed by atoms with Crippen molar-refractivity contribution in [2.45, 2.75) is 32.7 Å². The first-order valence-electron chi connectivity index (χ1n) is 8.14. The lowest BCUT2D eigenvalue weighted by atomic mass is 9.88. The Hall–Kier alpha value is -3.00. The number of benzene rings is 2. The molecule has 1 aliphatic heterocycles. The van der Waals surface area contributed by atoms with Crippen LogP contribution in [-0.2, 0) is 0 Å². The predicted octanol–water partition coefficient (Wildman–Crippen LogP) is 4.06. The molecule has 25 heavy (non-hydrogen) atoms. The van der Waals surface area contributed by atoms with E-state index in [0.717, 1.165) is 11.1 Å². The summed E-state index contributed by atoms with van der Waals surface area (Å²) in [7, 11) is 1.59. The van der Waals surface area contributed by atoms with Crippen molar-refractivity contribution in [2.75, 3.05) is 12.0 Å². The van der Waals surface area contributed by atoms with Gasteiger partial charge in [-0.05, 0) is 36.6 Å². The van der Waals surface area contributed by atoms with Crippen LogP contribution in [0, 0.1) is 18.3 Å². The van der Waals surface area contributed by atoms with Gasteiger partial charge in [0.15, 0.2) is 6.04 Å². The molecule has 1 unspecified atom stereocenters. The number of nitriles is 1. The van der Waals surface area contributed by atoms with E-state index in [2.05, 4.69) is 6.07 Å². The number of phenols is 1. The minimum atomic E-state index is -0.804. The van der Waals surface area contributed by atoms with Crippen LogP contribution in [0.3, 0.4) is 0 Å². The summed E-state index contributed by atoms with van der Waals surface area (Å²) in [6.45, 7) is 5.86. The molecule has 5 nitrogen and oxygen atoms in total. The molecule has 0 radical (unpaired) electrons. The summed E-state index contributed by atoms with van der Waals surface area (Å²) < 4.78 is 5.52. The number of carbonyl (C=O) groups excluding carboxylic acids is 1. The second-order valence-corrected chi connectivity index (χ2v) is 6.45. The second-order valence-electron chi connectivity index (χ2n) is 6.45. The topological polar surface area (TPSA) is 73.6 Å². The number of amides is 1. The first-order chi connectivity index (χ1) is 11.9. The number of para-hydroxylation sites is 2. The maximum Gasteiger partial charge on any atom is 0.260 e. The second kappa shape index (κ2) is 6.14. The fraction of sp³-hybridized carbons (Fsp3) is 0.300. The Morgan fingerprint density at radius 1 is 1.32 bits per heavy atom. The Morgan fingerprint density at radius 3 is 2.56 bits per heavy atom. The highest BCUT2D eigenvalue weighted by molar-refractivity contribution is 6.13. The van der Waals surface area contributed by atoms with Crippen molar-refractivity contribution in [1.82, 2.24) is 0 Å². The number of hydrogen-bond donors (Lipinski definition) is 1. The molecule has 1 N–H and O–H groups in total. The van der Waals surface area contributed by atoms with Gasteiger partial charge in [0.25, 0.3) is 5.91 Å². The fourth-order valence-corrected chi connectivity index (χ4v) is 3.56. The molecular weight excluding hydrogens is 316 g/mol. The van der Waals surface area contributed by atoms with Gasteiger partial charge < -0.3 is 9.84 Å². The highest BCUT2D eigenvalue weighted by Gasteiger charge is 2.43. The molecule has 1 aliphatic rings. The van der Waals surface area contributed by atoms with Crippen LogP contribution in [0.4, 0.5) is 5.69 Å². The number of aromatic hydroxyl groups is 1. The monoisotopic (exact) mass is 336 g/mol. The van der Waals surface area contributed by atoms with Gasteiger partial charge in [-0.15, -0.1) is 0 Å². The SMILES string of the molecule is COc1cc(C)c2c(c1C(C)C)C(C#N)N(c1ccccc1O)C2=O. The van der Waals surface area contributed by atoms with Gasteiger partial charge in [-0.25, -0.2) is 0 Å². The molecule has 0 spiro atoms. The van der Waals surface area contributed by atoms with Crippen LogP contribution in [0.5, 0.6) is 11.5 Å². The Bertz CT molecular complexity index is 897. The minimum absolute atomic E-state index is 0.0281. The first kappa shape index (κ1) is 16.8. The van der Waals surface area contributed by atoms with Gasteiger partial charge in [0.1, 0.15) is 11.5 Å². The van der Waals surface area contributed by atoms with E-state index in [-0.39, 0.29) is 17.6 Å². The summed E-state index contributed by atoms with van der Waals surface area (Å²) in [6.07, 6.45) is 0. The van der Waals surface area contributed by atoms with Gasteiger partial charge in [-0.3, -0.25) is 9.69 Å². The molecule has 0 aromatic heterocycles. The van der Waals surface area contributed by atoms with Crippen LogP contribution in [0.1, 0.15) is 52.9 Å². The highest BCUT2D eigenvalue weighted by atomic mass is 16.5. The van der Waals surface area contributed by atoms with E-state index in [0.29, 0.717) is 22.6 Å². The maximum atomic E-state index is 13.1. The number of aryl methyl sites for hydroxylation is 1. The zero-order chi connectivity index (χ0) is 18.3. The third-order valence-electron chi connectivity index (χ3n) is 4.59. The van der Waals surface area contributed by atoms with Crippen molar-refractivity contribution in [2.24, 2.45) is 0 Å². The molecule has 0 fully saturated rings. The number of anilines is 1. The number of methoxy groups -OCH3 is 1.